The summed E-state index contributed by atoms with van der Waals surface area (Å²) in [7, 11) is 1.64. The number of amides is 1. The first-order chi connectivity index (χ1) is 8.19. The number of nitrogens with one attached hydrogen (secondary N) is 1. The van der Waals surface area contributed by atoms with E-state index in [2.05, 4.69) is 12.2 Å². The number of ether oxygens (including phenoxy) is 1. The molecule has 0 saturated carbocycles. The van der Waals surface area contributed by atoms with Crippen LogP contribution < -0.4 is 10.1 Å². The third kappa shape index (κ3) is 4.10. The number of carbonyl (C=O) groups is 1. The molecule has 94 valence electrons. The van der Waals surface area contributed by atoms with Gasteiger partial charge in [0.05, 0.1) is 13.2 Å². The molecular weight excluding hydrogens is 214 g/mol. The Bertz CT molecular complexity index is 363. The van der Waals surface area contributed by atoms with Crippen LogP contribution in [-0.4, -0.2) is 13.0 Å². The molecule has 0 spiro atoms. The third-order valence-corrected chi connectivity index (χ3v) is 2.74. The molecule has 0 aliphatic rings. The summed E-state index contributed by atoms with van der Waals surface area (Å²) in [6.45, 7) is 4.05. The number of benzene rings is 1. The van der Waals surface area contributed by atoms with Crippen molar-refractivity contribution in [2.24, 2.45) is 0 Å². The zero-order valence-corrected chi connectivity index (χ0v) is 10.8. The van der Waals surface area contributed by atoms with E-state index in [4.69, 9.17) is 4.74 Å². The molecule has 1 rings (SSSR count). The molecule has 1 N–H and O–H groups in total. The Kier molecular flexibility index (Phi) is 5.53. The lowest BCUT2D eigenvalue weighted by Crippen LogP contribution is -2.26. The van der Waals surface area contributed by atoms with Crippen molar-refractivity contribution in [2.75, 3.05) is 7.11 Å². The summed E-state index contributed by atoms with van der Waals surface area (Å²) in [6, 6.07) is 7.74. The lowest BCUT2D eigenvalue weighted by atomic mass is 10.1. The standard InChI is InChI=1S/C14H21NO2/c1-4-5-10-14(16)15-11(2)12-8-6-7-9-13(12)17-3/h6-9,11H,4-5,10H2,1-3H3,(H,15,16). The average molecular weight is 235 g/mol. The van der Waals surface area contributed by atoms with Crippen LogP contribution in [0.3, 0.4) is 0 Å². The van der Waals surface area contributed by atoms with Gasteiger partial charge in [-0.3, -0.25) is 4.79 Å². The first-order valence-corrected chi connectivity index (χ1v) is 6.11. The van der Waals surface area contributed by atoms with Crippen molar-refractivity contribution in [3.63, 3.8) is 0 Å². The Morgan fingerprint density at radius 3 is 2.76 bits per heavy atom. The summed E-state index contributed by atoms with van der Waals surface area (Å²) < 4.78 is 5.28. The molecule has 3 nitrogen and oxygen atoms in total. The van der Waals surface area contributed by atoms with E-state index >= 15 is 0 Å². The highest BCUT2D eigenvalue weighted by Gasteiger charge is 2.12. The lowest BCUT2D eigenvalue weighted by Gasteiger charge is -2.17. The molecular formula is C14H21NO2. The van der Waals surface area contributed by atoms with Crippen LogP contribution >= 0.6 is 0 Å². The van der Waals surface area contributed by atoms with Crippen LogP contribution in [0.25, 0.3) is 0 Å². The predicted octanol–water partition coefficient (Wildman–Crippen LogP) is 3.06. The Labute approximate surface area is 103 Å². The fourth-order valence-electron chi connectivity index (χ4n) is 1.75. The molecule has 0 fully saturated rings. The summed E-state index contributed by atoms with van der Waals surface area (Å²) >= 11 is 0. The summed E-state index contributed by atoms with van der Waals surface area (Å²) in [6.07, 6.45) is 2.57. The third-order valence-electron chi connectivity index (χ3n) is 2.74. The van der Waals surface area contributed by atoms with Crippen molar-refractivity contribution >= 4 is 5.91 Å². The van der Waals surface area contributed by atoms with Gasteiger partial charge in [-0.1, -0.05) is 31.5 Å². The first kappa shape index (κ1) is 13.6. The van der Waals surface area contributed by atoms with E-state index in [0.29, 0.717) is 6.42 Å². The van der Waals surface area contributed by atoms with Crippen molar-refractivity contribution in [1.82, 2.24) is 5.32 Å². The molecule has 0 saturated heterocycles. The van der Waals surface area contributed by atoms with Gasteiger partial charge in [-0.05, 0) is 19.4 Å². The molecule has 3 heteroatoms. The fourth-order valence-corrected chi connectivity index (χ4v) is 1.75. The van der Waals surface area contributed by atoms with E-state index in [1.54, 1.807) is 7.11 Å². The van der Waals surface area contributed by atoms with Crippen LogP contribution in [-0.2, 0) is 4.79 Å². The zero-order chi connectivity index (χ0) is 12.7. The van der Waals surface area contributed by atoms with Crippen molar-refractivity contribution < 1.29 is 9.53 Å². The van der Waals surface area contributed by atoms with E-state index < -0.39 is 0 Å². The van der Waals surface area contributed by atoms with E-state index in [-0.39, 0.29) is 11.9 Å². The topological polar surface area (TPSA) is 38.3 Å². The maximum atomic E-state index is 11.6. The van der Waals surface area contributed by atoms with Crippen LogP contribution in [0.4, 0.5) is 0 Å². The van der Waals surface area contributed by atoms with E-state index in [1.165, 1.54) is 0 Å². The molecule has 0 heterocycles. The van der Waals surface area contributed by atoms with Gasteiger partial charge in [-0.2, -0.15) is 0 Å². The molecule has 17 heavy (non-hydrogen) atoms. The minimum absolute atomic E-state index is 0.0180. The number of carbonyl (C=O) groups excluding carboxylic acids is 1. The monoisotopic (exact) mass is 235 g/mol. The second kappa shape index (κ2) is 6.94. The predicted molar refractivity (Wildman–Crippen MR) is 69.1 cm³/mol. The minimum Gasteiger partial charge on any atom is -0.496 e. The summed E-state index contributed by atoms with van der Waals surface area (Å²) in [4.78, 5) is 11.6. The van der Waals surface area contributed by atoms with Crippen LogP contribution in [0.15, 0.2) is 24.3 Å². The quantitative estimate of drug-likeness (QED) is 0.823. The summed E-state index contributed by atoms with van der Waals surface area (Å²) in [5, 5.41) is 2.99. The number of unbranched alkanes of at least 4 members (excludes halogenated alkanes) is 1. The highest BCUT2D eigenvalue weighted by atomic mass is 16.5. The van der Waals surface area contributed by atoms with Gasteiger partial charge in [0.25, 0.3) is 0 Å². The van der Waals surface area contributed by atoms with Crippen LogP contribution in [0.5, 0.6) is 5.75 Å². The number of methoxy groups -OCH3 is 1. The zero-order valence-electron chi connectivity index (χ0n) is 10.8. The Morgan fingerprint density at radius 2 is 2.12 bits per heavy atom. The molecule has 1 unspecified atom stereocenters. The van der Waals surface area contributed by atoms with Crippen LogP contribution in [0.2, 0.25) is 0 Å². The molecule has 1 amide bonds. The largest absolute Gasteiger partial charge is 0.496 e. The van der Waals surface area contributed by atoms with E-state index in [0.717, 1.165) is 24.2 Å². The van der Waals surface area contributed by atoms with Gasteiger partial charge in [0.2, 0.25) is 5.91 Å². The van der Waals surface area contributed by atoms with Gasteiger partial charge in [0.15, 0.2) is 0 Å². The number of hydrogen-bond donors (Lipinski definition) is 1. The lowest BCUT2D eigenvalue weighted by molar-refractivity contribution is -0.121. The highest BCUT2D eigenvalue weighted by molar-refractivity contribution is 5.76. The Morgan fingerprint density at radius 1 is 1.41 bits per heavy atom. The molecule has 1 aromatic carbocycles. The maximum Gasteiger partial charge on any atom is 0.220 e. The van der Waals surface area contributed by atoms with E-state index in [9.17, 15) is 4.79 Å². The second-order valence-corrected chi connectivity index (χ2v) is 4.13. The van der Waals surface area contributed by atoms with Gasteiger partial charge in [0.1, 0.15) is 5.75 Å². The molecule has 0 radical (unpaired) electrons. The summed E-state index contributed by atoms with van der Waals surface area (Å²) in [5.41, 5.74) is 1.01. The SMILES string of the molecule is CCCCC(=O)NC(C)c1ccccc1OC. The van der Waals surface area contributed by atoms with Gasteiger partial charge in [0, 0.05) is 12.0 Å². The average Bonchev–Trinajstić information content (AvgIpc) is 2.36. The first-order valence-electron chi connectivity index (χ1n) is 6.11. The minimum atomic E-state index is -0.0180. The van der Waals surface area contributed by atoms with Gasteiger partial charge in [-0.25, -0.2) is 0 Å². The van der Waals surface area contributed by atoms with Gasteiger partial charge >= 0.3 is 0 Å². The fraction of sp³-hybridized carbons (Fsp3) is 0.500. The summed E-state index contributed by atoms with van der Waals surface area (Å²) in [5.74, 6) is 0.918. The number of rotatable bonds is 6. The van der Waals surface area contributed by atoms with Crippen molar-refractivity contribution in [3.8, 4) is 5.75 Å². The van der Waals surface area contributed by atoms with Gasteiger partial charge in [-0.15, -0.1) is 0 Å². The Hall–Kier alpha value is -1.51. The molecule has 1 aromatic rings. The molecule has 0 aromatic heterocycles. The number of para-hydroxylation sites is 1. The number of hydrogen-bond acceptors (Lipinski definition) is 2. The Balaban J connectivity index is 2.62. The maximum absolute atomic E-state index is 11.6. The van der Waals surface area contributed by atoms with Crippen LogP contribution in [0, 0.1) is 0 Å². The van der Waals surface area contributed by atoms with E-state index in [1.807, 2.05) is 31.2 Å². The van der Waals surface area contributed by atoms with Crippen LogP contribution in [0.1, 0.15) is 44.7 Å². The molecule has 0 aliphatic carbocycles. The molecule has 0 bridgehead atoms. The second-order valence-electron chi connectivity index (χ2n) is 4.13. The molecule has 0 aliphatic heterocycles. The van der Waals surface area contributed by atoms with Gasteiger partial charge < -0.3 is 10.1 Å². The molecule has 1 atom stereocenters. The highest BCUT2D eigenvalue weighted by Crippen LogP contribution is 2.24. The van der Waals surface area contributed by atoms with Crippen molar-refractivity contribution in [2.45, 2.75) is 39.2 Å². The van der Waals surface area contributed by atoms with Crippen molar-refractivity contribution in [3.05, 3.63) is 29.8 Å². The smallest absolute Gasteiger partial charge is 0.220 e. The normalized spacial score (nSPS) is 11.9. The van der Waals surface area contributed by atoms with Crippen molar-refractivity contribution in [1.29, 1.82) is 0 Å².